The molecule has 1 aliphatic rings. The molecule has 0 aliphatic carbocycles. The maximum absolute atomic E-state index is 12.8. The van der Waals surface area contributed by atoms with Crippen molar-refractivity contribution in [1.82, 2.24) is 9.80 Å². The second-order valence-electron chi connectivity index (χ2n) is 6.53. The number of benzene rings is 2. The maximum Gasteiger partial charge on any atom is 0.253 e. The highest BCUT2D eigenvalue weighted by molar-refractivity contribution is 5.94. The number of ether oxygens (including phenoxy) is 1. The molecule has 0 spiro atoms. The number of carbonyl (C=O) groups is 1. The lowest BCUT2D eigenvalue weighted by Crippen LogP contribution is -2.35. The molecule has 0 saturated carbocycles. The number of hydrogen-bond donors (Lipinski definition) is 0. The summed E-state index contributed by atoms with van der Waals surface area (Å²) in [5.41, 5.74) is 2.04. The van der Waals surface area contributed by atoms with E-state index in [0.717, 1.165) is 44.9 Å². The van der Waals surface area contributed by atoms with Gasteiger partial charge >= 0.3 is 0 Å². The molecule has 0 unspecified atom stereocenters. The molecule has 1 saturated heterocycles. The lowest BCUT2D eigenvalue weighted by Gasteiger charge is -2.22. The number of hydrogen-bond acceptors (Lipinski definition) is 3. The van der Waals surface area contributed by atoms with Gasteiger partial charge in [0.05, 0.1) is 0 Å². The van der Waals surface area contributed by atoms with Crippen molar-refractivity contribution >= 4 is 5.91 Å². The molecule has 0 N–H and O–H groups in total. The van der Waals surface area contributed by atoms with Crippen LogP contribution in [0.15, 0.2) is 67.3 Å². The van der Waals surface area contributed by atoms with Gasteiger partial charge in [-0.1, -0.05) is 43.0 Å². The normalized spacial score (nSPS) is 15.3. The predicted octanol–water partition coefficient (Wildman–Crippen LogP) is 3.60. The minimum Gasteiger partial charge on any atom is -0.490 e. The van der Waals surface area contributed by atoms with Crippen LogP contribution in [0.5, 0.6) is 5.75 Å². The predicted molar refractivity (Wildman–Crippen MR) is 104 cm³/mol. The summed E-state index contributed by atoms with van der Waals surface area (Å²) in [4.78, 5) is 17.2. The van der Waals surface area contributed by atoms with E-state index in [-0.39, 0.29) is 5.91 Å². The Labute approximate surface area is 155 Å². The Morgan fingerprint density at radius 3 is 2.50 bits per heavy atom. The van der Waals surface area contributed by atoms with Crippen LogP contribution in [-0.4, -0.2) is 48.5 Å². The minimum atomic E-state index is 0.0989. The van der Waals surface area contributed by atoms with Crippen LogP contribution >= 0.6 is 0 Å². The average molecular weight is 350 g/mol. The topological polar surface area (TPSA) is 32.8 Å². The molecular formula is C22H26N2O2. The molecule has 1 heterocycles. The van der Waals surface area contributed by atoms with Gasteiger partial charge in [-0.05, 0) is 36.2 Å². The summed E-state index contributed by atoms with van der Waals surface area (Å²) >= 11 is 0. The quantitative estimate of drug-likeness (QED) is 0.746. The Morgan fingerprint density at radius 2 is 1.77 bits per heavy atom. The Bertz CT molecular complexity index is 713. The molecule has 4 nitrogen and oxygen atoms in total. The van der Waals surface area contributed by atoms with Gasteiger partial charge in [-0.15, -0.1) is 0 Å². The molecule has 2 aromatic rings. The highest BCUT2D eigenvalue weighted by atomic mass is 16.5. The van der Waals surface area contributed by atoms with Gasteiger partial charge in [0.2, 0.25) is 0 Å². The van der Waals surface area contributed by atoms with E-state index < -0.39 is 0 Å². The van der Waals surface area contributed by atoms with E-state index in [4.69, 9.17) is 4.74 Å². The summed E-state index contributed by atoms with van der Waals surface area (Å²) in [5.74, 6) is 0.855. The van der Waals surface area contributed by atoms with Gasteiger partial charge < -0.3 is 9.64 Å². The van der Waals surface area contributed by atoms with Crippen molar-refractivity contribution < 1.29 is 9.53 Å². The molecule has 1 fully saturated rings. The van der Waals surface area contributed by atoms with Gasteiger partial charge in [-0.2, -0.15) is 0 Å². The number of rotatable bonds is 6. The van der Waals surface area contributed by atoms with Crippen molar-refractivity contribution in [3.8, 4) is 5.75 Å². The van der Waals surface area contributed by atoms with Crippen molar-refractivity contribution in [2.24, 2.45) is 0 Å². The van der Waals surface area contributed by atoms with Crippen LogP contribution in [0.4, 0.5) is 0 Å². The van der Waals surface area contributed by atoms with Gasteiger partial charge in [0.15, 0.2) is 0 Å². The van der Waals surface area contributed by atoms with Crippen LogP contribution in [0, 0.1) is 0 Å². The van der Waals surface area contributed by atoms with Crippen LogP contribution in [-0.2, 0) is 6.54 Å². The summed E-state index contributed by atoms with van der Waals surface area (Å²) in [6, 6.07) is 17.9. The Morgan fingerprint density at radius 1 is 1.00 bits per heavy atom. The Hall–Kier alpha value is -2.59. The van der Waals surface area contributed by atoms with Crippen molar-refractivity contribution in [3.63, 3.8) is 0 Å². The molecule has 26 heavy (non-hydrogen) atoms. The molecule has 1 amide bonds. The van der Waals surface area contributed by atoms with E-state index in [0.29, 0.717) is 12.2 Å². The molecule has 4 heteroatoms. The Kier molecular flexibility index (Phi) is 6.45. The Balaban J connectivity index is 1.56. The van der Waals surface area contributed by atoms with E-state index in [2.05, 4.69) is 35.7 Å². The summed E-state index contributed by atoms with van der Waals surface area (Å²) in [6.45, 7) is 8.54. The van der Waals surface area contributed by atoms with E-state index in [9.17, 15) is 4.79 Å². The first-order chi connectivity index (χ1) is 12.8. The van der Waals surface area contributed by atoms with Gasteiger partial charge in [0, 0.05) is 38.3 Å². The van der Waals surface area contributed by atoms with Crippen LogP contribution in [0.25, 0.3) is 0 Å². The van der Waals surface area contributed by atoms with E-state index >= 15 is 0 Å². The van der Waals surface area contributed by atoms with Gasteiger partial charge in [0.25, 0.3) is 5.91 Å². The van der Waals surface area contributed by atoms with E-state index in [1.807, 2.05) is 35.2 Å². The lowest BCUT2D eigenvalue weighted by atomic mass is 10.2. The fraction of sp³-hybridized carbons (Fsp3) is 0.318. The van der Waals surface area contributed by atoms with Crippen molar-refractivity contribution in [2.75, 3.05) is 32.8 Å². The summed E-state index contributed by atoms with van der Waals surface area (Å²) in [5, 5.41) is 0. The number of nitrogens with zero attached hydrogens (tertiary/aromatic N) is 2. The third kappa shape index (κ3) is 4.96. The molecule has 0 radical (unpaired) electrons. The molecular weight excluding hydrogens is 324 g/mol. The summed E-state index contributed by atoms with van der Waals surface area (Å²) in [6.07, 6.45) is 2.70. The largest absolute Gasteiger partial charge is 0.490 e. The van der Waals surface area contributed by atoms with E-state index in [1.54, 1.807) is 6.08 Å². The molecule has 0 aromatic heterocycles. The fourth-order valence-corrected chi connectivity index (χ4v) is 3.21. The zero-order valence-electron chi connectivity index (χ0n) is 15.1. The maximum atomic E-state index is 12.8. The van der Waals surface area contributed by atoms with Gasteiger partial charge in [0.1, 0.15) is 12.4 Å². The highest BCUT2D eigenvalue weighted by Crippen LogP contribution is 2.16. The van der Waals surface area contributed by atoms with Gasteiger partial charge in [-0.25, -0.2) is 0 Å². The SMILES string of the molecule is C=CCOc1ccc(C(=O)N2CCCN(Cc3ccccc3)CC2)cc1. The second-order valence-corrected chi connectivity index (χ2v) is 6.53. The zero-order valence-corrected chi connectivity index (χ0v) is 15.1. The fourth-order valence-electron chi connectivity index (χ4n) is 3.21. The number of carbonyl (C=O) groups excluding carboxylic acids is 1. The molecule has 2 aromatic carbocycles. The van der Waals surface area contributed by atoms with Gasteiger partial charge in [-0.3, -0.25) is 9.69 Å². The first-order valence-electron chi connectivity index (χ1n) is 9.15. The van der Waals surface area contributed by atoms with Crippen LogP contribution in [0.3, 0.4) is 0 Å². The smallest absolute Gasteiger partial charge is 0.253 e. The van der Waals surface area contributed by atoms with E-state index in [1.165, 1.54) is 5.56 Å². The summed E-state index contributed by atoms with van der Waals surface area (Å²) in [7, 11) is 0. The van der Waals surface area contributed by atoms with Crippen LogP contribution in [0.1, 0.15) is 22.3 Å². The molecule has 1 aliphatic heterocycles. The zero-order chi connectivity index (χ0) is 18.2. The van der Waals surface area contributed by atoms with Crippen molar-refractivity contribution in [1.29, 1.82) is 0 Å². The average Bonchev–Trinajstić information content (AvgIpc) is 2.92. The minimum absolute atomic E-state index is 0.0989. The van der Waals surface area contributed by atoms with Crippen molar-refractivity contribution in [2.45, 2.75) is 13.0 Å². The van der Waals surface area contributed by atoms with Crippen LogP contribution in [0.2, 0.25) is 0 Å². The monoisotopic (exact) mass is 350 g/mol. The summed E-state index contributed by atoms with van der Waals surface area (Å²) < 4.78 is 5.48. The third-order valence-electron chi connectivity index (χ3n) is 4.59. The first kappa shape index (κ1) is 18.2. The third-order valence-corrected chi connectivity index (χ3v) is 4.59. The molecule has 0 bridgehead atoms. The van der Waals surface area contributed by atoms with Crippen molar-refractivity contribution in [3.05, 3.63) is 78.4 Å². The lowest BCUT2D eigenvalue weighted by molar-refractivity contribution is 0.0761. The number of amides is 1. The second kappa shape index (κ2) is 9.20. The standard InChI is InChI=1S/C22H26N2O2/c1-2-17-26-21-11-9-20(10-12-21)22(25)24-14-6-13-23(15-16-24)18-19-7-4-3-5-8-19/h2-5,7-12H,1,6,13-18H2. The molecule has 0 atom stereocenters. The highest BCUT2D eigenvalue weighted by Gasteiger charge is 2.20. The first-order valence-corrected chi connectivity index (χ1v) is 9.15. The molecule has 3 rings (SSSR count). The molecule has 136 valence electrons. The van der Waals surface area contributed by atoms with Crippen LogP contribution < -0.4 is 4.74 Å².